The van der Waals surface area contributed by atoms with Crippen LogP contribution in [-0.4, -0.2) is 14.7 Å². The van der Waals surface area contributed by atoms with Crippen LogP contribution in [0.25, 0.3) is 0 Å². The van der Waals surface area contributed by atoms with Gasteiger partial charge in [0, 0.05) is 10.6 Å². The third-order valence-electron chi connectivity index (χ3n) is 3.67. The first-order chi connectivity index (χ1) is 10.6. The summed E-state index contributed by atoms with van der Waals surface area (Å²) in [6.07, 6.45) is 1.96. The maximum atomic E-state index is 12.8. The van der Waals surface area contributed by atoms with E-state index < -0.39 is 10.0 Å². The van der Waals surface area contributed by atoms with Gasteiger partial charge < -0.3 is 0 Å². The number of anilines is 1. The normalized spacial score (nSPS) is 12.2. The second-order valence-corrected chi connectivity index (χ2v) is 9.10. The minimum Gasteiger partial charge on any atom is -0.280 e. The Balaban J connectivity index is 2.43. The molecular formula is C18H23NO2S2. The molecule has 0 fully saturated rings. The topological polar surface area (TPSA) is 46.2 Å². The van der Waals surface area contributed by atoms with Crippen molar-refractivity contribution >= 4 is 27.5 Å². The van der Waals surface area contributed by atoms with Crippen LogP contribution in [0.1, 0.15) is 31.9 Å². The lowest BCUT2D eigenvalue weighted by molar-refractivity contribution is 0.584. The molecule has 0 unspecified atom stereocenters. The number of thioether (sulfide) groups is 1. The van der Waals surface area contributed by atoms with Crippen molar-refractivity contribution in [2.75, 3.05) is 11.0 Å². The predicted octanol–water partition coefficient (Wildman–Crippen LogP) is 4.82. The summed E-state index contributed by atoms with van der Waals surface area (Å²) < 4.78 is 28.3. The van der Waals surface area contributed by atoms with Crippen LogP contribution in [0.4, 0.5) is 5.69 Å². The molecule has 5 heteroatoms. The maximum Gasteiger partial charge on any atom is 0.262 e. The fraction of sp³-hybridized carbons (Fsp3) is 0.333. The first-order valence-corrected chi connectivity index (χ1v) is 10.1. The van der Waals surface area contributed by atoms with Crippen molar-refractivity contribution < 1.29 is 8.42 Å². The molecule has 0 bridgehead atoms. The first-order valence-electron chi connectivity index (χ1n) is 7.41. The lowest BCUT2D eigenvalue weighted by Gasteiger charge is -2.21. The summed E-state index contributed by atoms with van der Waals surface area (Å²) in [6.45, 7) is 8.04. The van der Waals surface area contributed by atoms with Crippen LogP contribution >= 0.6 is 11.8 Å². The number of aryl methyl sites for hydroxylation is 1. The van der Waals surface area contributed by atoms with Gasteiger partial charge in [0.1, 0.15) is 0 Å². The average Bonchev–Trinajstić information content (AvgIpc) is 2.46. The number of benzene rings is 2. The molecule has 0 aliphatic rings. The molecule has 3 nitrogen and oxygen atoms in total. The first kappa shape index (κ1) is 17.9. The molecule has 0 atom stereocenters. The number of hydrogen-bond acceptors (Lipinski definition) is 3. The molecule has 0 radical (unpaired) electrons. The van der Waals surface area contributed by atoms with Crippen LogP contribution in [0, 0.1) is 6.92 Å². The van der Waals surface area contributed by atoms with Crippen molar-refractivity contribution in [2.24, 2.45) is 0 Å². The third-order valence-corrected chi connectivity index (χ3v) is 5.91. The molecule has 0 heterocycles. The van der Waals surface area contributed by atoms with E-state index in [4.69, 9.17) is 0 Å². The number of nitrogens with one attached hydrogen (secondary N) is 1. The molecule has 0 spiro atoms. The summed E-state index contributed by atoms with van der Waals surface area (Å²) in [6, 6.07) is 13.0. The van der Waals surface area contributed by atoms with Crippen LogP contribution in [0.3, 0.4) is 0 Å². The molecule has 2 aromatic carbocycles. The molecule has 0 aliphatic heterocycles. The zero-order valence-corrected chi connectivity index (χ0v) is 15.8. The summed E-state index contributed by atoms with van der Waals surface area (Å²) in [4.78, 5) is 1.35. The summed E-state index contributed by atoms with van der Waals surface area (Å²) in [5.74, 6) is 0. The molecule has 124 valence electrons. The van der Waals surface area contributed by atoms with E-state index >= 15 is 0 Å². The molecule has 0 aromatic heterocycles. The fourth-order valence-corrected chi connectivity index (χ4v) is 4.03. The summed E-state index contributed by atoms with van der Waals surface area (Å²) in [7, 11) is -3.61. The molecule has 0 amide bonds. The summed E-state index contributed by atoms with van der Waals surface area (Å²) >= 11 is 1.58. The van der Waals surface area contributed by atoms with Gasteiger partial charge in [0.05, 0.1) is 4.90 Å². The van der Waals surface area contributed by atoms with Crippen LogP contribution in [0.2, 0.25) is 0 Å². The van der Waals surface area contributed by atoms with Crippen LogP contribution in [0.5, 0.6) is 0 Å². The highest BCUT2D eigenvalue weighted by atomic mass is 32.2. The van der Waals surface area contributed by atoms with Gasteiger partial charge in [0.25, 0.3) is 10.0 Å². The van der Waals surface area contributed by atoms with E-state index in [-0.39, 0.29) is 5.41 Å². The number of rotatable bonds is 4. The van der Waals surface area contributed by atoms with Crippen molar-refractivity contribution in [3.63, 3.8) is 0 Å². The lowest BCUT2D eigenvalue weighted by Crippen LogP contribution is -2.17. The molecule has 1 N–H and O–H groups in total. The van der Waals surface area contributed by atoms with Gasteiger partial charge in [-0.2, -0.15) is 0 Å². The lowest BCUT2D eigenvalue weighted by atomic mass is 9.87. The van der Waals surface area contributed by atoms with Crippen molar-refractivity contribution in [1.82, 2.24) is 0 Å². The standard InChI is InChI=1S/C18H23NO2S2/c1-13-9-10-14(18(2,3)4)11-17(13)23(20,21)19-15-7-6-8-16(12-15)22-5/h6-12,19H,1-5H3. The van der Waals surface area contributed by atoms with Gasteiger partial charge in [0.2, 0.25) is 0 Å². The van der Waals surface area contributed by atoms with Crippen LogP contribution in [0.15, 0.2) is 52.3 Å². The van der Waals surface area contributed by atoms with Crippen molar-refractivity contribution in [3.05, 3.63) is 53.6 Å². The second kappa shape index (κ2) is 6.57. The Morgan fingerprint density at radius 3 is 2.35 bits per heavy atom. The summed E-state index contributed by atoms with van der Waals surface area (Å²) in [5.41, 5.74) is 2.22. The minimum absolute atomic E-state index is 0.100. The maximum absolute atomic E-state index is 12.8. The van der Waals surface area contributed by atoms with Gasteiger partial charge in [0.15, 0.2) is 0 Å². The molecule has 0 aliphatic carbocycles. The molecule has 0 saturated carbocycles. The second-order valence-electron chi connectivity index (χ2n) is 6.57. The zero-order chi connectivity index (χ0) is 17.3. The Kier molecular flexibility index (Phi) is 5.11. The average molecular weight is 350 g/mol. The van der Waals surface area contributed by atoms with E-state index in [1.807, 2.05) is 43.5 Å². The van der Waals surface area contributed by atoms with E-state index in [9.17, 15) is 8.42 Å². The van der Waals surface area contributed by atoms with Gasteiger partial charge >= 0.3 is 0 Å². The van der Waals surface area contributed by atoms with Gasteiger partial charge in [-0.1, -0.05) is 39.0 Å². The van der Waals surface area contributed by atoms with Gasteiger partial charge in [-0.15, -0.1) is 11.8 Å². The van der Waals surface area contributed by atoms with Crippen molar-refractivity contribution in [2.45, 2.75) is 42.9 Å². The van der Waals surface area contributed by atoms with Gasteiger partial charge in [-0.25, -0.2) is 8.42 Å². The van der Waals surface area contributed by atoms with Gasteiger partial charge in [-0.05, 0) is 54.0 Å². The molecule has 23 heavy (non-hydrogen) atoms. The highest BCUT2D eigenvalue weighted by molar-refractivity contribution is 7.98. The Hall–Kier alpha value is -1.46. The quantitative estimate of drug-likeness (QED) is 0.805. The zero-order valence-electron chi connectivity index (χ0n) is 14.2. The monoisotopic (exact) mass is 349 g/mol. The Morgan fingerprint density at radius 2 is 1.74 bits per heavy atom. The van der Waals surface area contributed by atoms with E-state index in [2.05, 4.69) is 25.5 Å². The molecule has 2 aromatic rings. The summed E-state index contributed by atoms with van der Waals surface area (Å²) in [5, 5.41) is 0. The Bertz CT molecular complexity index is 806. The SMILES string of the molecule is CSc1cccc(NS(=O)(=O)c2cc(C(C)(C)C)ccc2C)c1. The Labute approximate surface area is 143 Å². The Morgan fingerprint density at radius 1 is 1.04 bits per heavy atom. The molecule has 2 rings (SSSR count). The van der Waals surface area contributed by atoms with Gasteiger partial charge in [-0.3, -0.25) is 4.72 Å². The van der Waals surface area contributed by atoms with Crippen LogP contribution in [-0.2, 0) is 15.4 Å². The highest BCUT2D eigenvalue weighted by Crippen LogP contribution is 2.28. The van der Waals surface area contributed by atoms with Crippen LogP contribution < -0.4 is 4.72 Å². The molecular weight excluding hydrogens is 326 g/mol. The predicted molar refractivity (Wildman–Crippen MR) is 98.9 cm³/mol. The highest BCUT2D eigenvalue weighted by Gasteiger charge is 2.21. The third kappa shape index (κ3) is 4.30. The molecule has 0 saturated heterocycles. The number of sulfonamides is 1. The van der Waals surface area contributed by atoms with Crippen molar-refractivity contribution in [3.8, 4) is 0 Å². The largest absolute Gasteiger partial charge is 0.280 e. The smallest absolute Gasteiger partial charge is 0.262 e. The van der Waals surface area contributed by atoms with E-state index in [1.165, 1.54) is 0 Å². The minimum atomic E-state index is -3.61. The van der Waals surface area contributed by atoms with E-state index in [1.54, 1.807) is 23.9 Å². The van der Waals surface area contributed by atoms with Crippen molar-refractivity contribution in [1.29, 1.82) is 0 Å². The fourth-order valence-electron chi connectivity index (χ4n) is 2.25. The van der Waals surface area contributed by atoms with E-state index in [0.717, 1.165) is 16.0 Å². The number of hydrogen-bond donors (Lipinski definition) is 1. The van der Waals surface area contributed by atoms with E-state index in [0.29, 0.717) is 10.6 Å².